The monoisotopic (exact) mass is 579 g/mol. The van der Waals surface area contributed by atoms with Crippen LogP contribution in [0.2, 0.25) is 5.02 Å². The third kappa shape index (κ3) is 5.41. The Morgan fingerprint density at radius 2 is 1.85 bits per heavy atom. The number of hydrogen-bond donors (Lipinski definition) is 3. The standard InChI is InChI=1S/C27H28ClF2N3O5S/c1-3-10-32-25(31-2)24(34)27(36)16-5-6-17(27)13-19(12-16)39(37,38)23-11-15(4-8-20(23)28)26(35)33-18-7-9-21(29)22(30)14-18/h3-4,7-11,14,16-17,19,24,34,36H,2,5-6,12-13H2,1H3,(H,33,35)/b10-3-,32-25?. The number of aliphatic hydroxyl groups excluding tert-OH is 1. The number of sulfone groups is 1. The van der Waals surface area contributed by atoms with Crippen molar-refractivity contribution in [2.24, 2.45) is 21.8 Å². The highest BCUT2D eigenvalue weighted by Crippen LogP contribution is 2.53. The highest BCUT2D eigenvalue weighted by atomic mass is 35.5. The van der Waals surface area contributed by atoms with Crippen molar-refractivity contribution in [3.63, 3.8) is 0 Å². The Balaban J connectivity index is 1.59. The number of nitrogens with one attached hydrogen (secondary N) is 1. The summed E-state index contributed by atoms with van der Waals surface area (Å²) < 4.78 is 54.2. The Morgan fingerprint density at radius 3 is 2.44 bits per heavy atom. The maximum Gasteiger partial charge on any atom is 0.255 e. The molecule has 8 nitrogen and oxygen atoms in total. The lowest BCUT2D eigenvalue weighted by Gasteiger charge is -2.44. The zero-order valence-electron chi connectivity index (χ0n) is 21.0. The van der Waals surface area contributed by atoms with E-state index in [1.165, 1.54) is 24.4 Å². The van der Waals surface area contributed by atoms with E-state index in [-0.39, 0.29) is 39.8 Å². The highest BCUT2D eigenvalue weighted by Gasteiger charge is 2.60. The van der Waals surface area contributed by atoms with Crippen LogP contribution in [0.3, 0.4) is 0 Å². The zero-order valence-corrected chi connectivity index (χ0v) is 22.6. The Kier molecular flexibility index (Phi) is 8.36. The van der Waals surface area contributed by atoms with Crippen LogP contribution >= 0.6 is 11.6 Å². The van der Waals surface area contributed by atoms with Gasteiger partial charge in [0.1, 0.15) is 11.7 Å². The van der Waals surface area contributed by atoms with Crippen molar-refractivity contribution in [2.75, 3.05) is 5.32 Å². The Morgan fingerprint density at radius 1 is 1.18 bits per heavy atom. The Labute approximate surface area is 230 Å². The molecule has 0 aromatic heterocycles. The lowest BCUT2D eigenvalue weighted by atomic mass is 9.70. The molecule has 2 saturated carbocycles. The minimum absolute atomic E-state index is 0.00805. The summed E-state index contributed by atoms with van der Waals surface area (Å²) in [6.45, 7) is 5.16. The van der Waals surface area contributed by atoms with Crippen molar-refractivity contribution in [2.45, 2.75) is 54.5 Å². The summed E-state index contributed by atoms with van der Waals surface area (Å²) in [4.78, 5) is 20.3. The van der Waals surface area contributed by atoms with E-state index in [0.29, 0.717) is 12.8 Å². The first-order valence-corrected chi connectivity index (χ1v) is 14.2. The molecule has 2 bridgehead atoms. The quantitative estimate of drug-likeness (QED) is 0.327. The number of nitrogens with zero attached hydrogens (tertiary/aromatic N) is 2. The van der Waals surface area contributed by atoms with Crippen molar-refractivity contribution < 1.29 is 32.2 Å². The molecule has 0 spiro atoms. The van der Waals surface area contributed by atoms with Crippen LogP contribution in [0.1, 0.15) is 43.0 Å². The van der Waals surface area contributed by atoms with E-state index in [1.807, 2.05) is 0 Å². The molecule has 0 heterocycles. The summed E-state index contributed by atoms with van der Waals surface area (Å²) in [5.74, 6) is -4.11. The van der Waals surface area contributed by atoms with Crippen LogP contribution in [0.4, 0.5) is 14.5 Å². The van der Waals surface area contributed by atoms with Gasteiger partial charge in [-0.1, -0.05) is 17.7 Å². The molecule has 2 fully saturated rings. The third-order valence-electron chi connectivity index (χ3n) is 7.58. The van der Waals surface area contributed by atoms with Crippen LogP contribution in [0.25, 0.3) is 0 Å². The molecule has 3 atom stereocenters. The van der Waals surface area contributed by atoms with Gasteiger partial charge in [0.15, 0.2) is 27.3 Å². The molecule has 3 unspecified atom stereocenters. The Bertz CT molecular complexity index is 1450. The molecule has 0 saturated heterocycles. The number of hydrogen-bond acceptors (Lipinski definition) is 6. The van der Waals surface area contributed by atoms with Gasteiger partial charge >= 0.3 is 0 Å². The number of rotatable bonds is 7. The summed E-state index contributed by atoms with van der Waals surface area (Å²) >= 11 is 6.27. The molecule has 3 N–H and O–H groups in total. The lowest BCUT2D eigenvalue weighted by Crippen LogP contribution is -2.58. The molecule has 0 radical (unpaired) electrons. The molecular formula is C27H28ClF2N3O5S. The molecular weight excluding hydrogens is 552 g/mol. The number of benzene rings is 2. The number of amidine groups is 1. The van der Waals surface area contributed by atoms with E-state index < -0.39 is 56.2 Å². The minimum atomic E-state index is -4.07. The lowest BCUT2D eigenvalue weighted by molar-refractivity contribution is -0.117. The van der Waals surface area contributed by atoms with Crippen LogP contribution in [0.5, 0.6) is 0 Å². The van der Waals surface area contributed by atoms with E-state index in [4.69, 9.17) is 11.6 Å². The number of carbonyl (C=O) groups is 1. The van der Waals surface area contributed by atoms with Crippen molar-refractivity contribution in [1.29, 1.82) is 0 Å². The van der Waals surface area contributed by atoms with E-state index in [9.17, 15) is 32.2 Å². The number of carbonyl (C=O) groups excluding carboxylic acids is 1. The van der Waals surface area contributed by atoms with Gasteiger partial charge in [-0.05, 0) is 81.5 Å². The number of fused-ring (bicyclic) bond motifs is 2. The largest absolute Gasteiger partial charge is 0.386 e. The summed E-state index contributed by atoms with van der Waals surface area (Å²) in [7, 11) is -4.07. The van der Waals surface area contributed by atoms with Crippen LogP contribution in [0.15, 0.2) is 63.6 Å². The average Bonchev–Trinajstić information content (AvgIpc) is 3.06. The first-order chi connectivity index (χ1) is 18.4. The first-order valence-electron chi connectivity index (χ1n) is 12.3. The van der Waals surface area contributed by atoms with Crippen LogP contribution in [0, 0.1) is 23.5 Å². The second-order valence-electron chi connectivity index (χ2n) is 9.76. The smallest absolute Gasteiger partial charge is 0.255 e. The van der Waals surface area contributed by atoms with Crippen molar-refractivity contribution in [3.8, 4) is 0 Å². The summed E-state index contributed by atoms with van der Waals surface area (Å²) in [5, 5.41) is 24.0. The van der Waals surface area contributed by atoms with Crippen molar-refractivity contribution in [3.05, 3.63) is 70.9 Å². The predicted octanol–water partition coefficient (Wildman–Crippen LogP) is 4.56. The first kappa shape index (κ1) is 29.0. The van der Waals surface area contributed by atoms with Gasteiger partial charge in [-0.15, -0.1) is 0 Å². The molecule has 2 aliphatic carbocycles. The minimum Gasteiger partial charge on any atom is -0.386 e. The van der Waals surface area contributed by atoms with Crippen LogP contribution in [-0.4, -0.2) is 54.0 Å². The van der Waals surface area contributed by atoms with E-state index in [0.717, 1.165) is 18.2 Å². The average molecular weight is 580 g/mol. The molecule has 0 aliphatic heterocycles. The number of allylic oxidation sites excluding steroid dienone is 1. The van der Waals surface area contributed by atoms with E-state index in [1.54, 1.807) is 13.0 Å². The second-order valence-corrected chi connectivity index (χ2v) is 12.4. The molecule has 12 heteroatoms. The molecule has 2 aromatic carbocycles. The predicted molar refractivity (Wildman–Crippen MR) is 145 cm³/mol. The molecule has 208 valence electrons. The second kappa shape index (κ2) is 11.2. The highest BCUT2D eigenvalue weighted by molar-refractivity contribution is 7.92. The van der Waals surface area contributed by atoms with E-state index >= 15 is 0 Å². The molecule has 1 amide bonds. The molecule has 2 aliphatic rings. The summed E-state index contributed by atoms with van der Waals surface area (Å²) in [6.07, 6.45) is 2.73. The maximum absolute atomic E-state index is 13.7. The third-order valence-corrected chi connectivity index (χ3v) is 10.2. The Hall–Kier alpha value is -2.99. The fourth-order valence-corrected chi connectivity index (χ4v) is 8.02. The van der Waals surface area contributed by atoms with Gasteiger partial charge in [-0.2, -0.15) is 0 Å². The summed E-state index contributed by atoms with van der Waals surface area (Å²) in [5.41, 5.74) is -1.68. The normalized spacial score (nSPS) is 26.0. The fourth-order valence-electron chi connectivity index (χ4n) is 5.62. The van der Waals surface area contributed by atoms with Gasteiger partial charge in [0.2, 0.25) is 0 Å². The fraction of sp³-hybridized carbons (Fsp3) is 0.370. The van der Waals surface area contributed by atoms with E-state index in [2.05, 4.69) is 22.0 Å². The van der Waals surface area contributed by atoms with Gasteiger partial charge in [-0.3, -0.25) is 4.79 Å². The molecule has 4 rings (SSSR count). The van der Waals surface area contributed by atoms with Gasteiger partial charge in [0.05, 0.1) is 15.2 Å². The number of aliphatic imine (C=N–C) groups is 2. The van der Waals surface area contributed by atoms with Crippen LogP contribution < -0.4 is 5.32 Å². The van der Waals surface area contributed by atoms with Gasteiger partial charge in [0.25, 0.3) is 5.91 Å². The topological polar surface area (TPSA) is 128 Å². The van der Waals surface area contributed by atoms with Crippen LogP contribution in [-0.2, 0) is 9.84 Å². The van der Waals surface area contributed by atoms with Crippen molar-refractivity contribution >= 4 is 45.6 Å². The number of amides is 1. The maximum atomic E-state index is 13.7. The van der Waals surface area contributed by atoms with Gasteiger partial charge in [0, 0.05) is 23.5 Å². The molecule has 39 heavy (non-hydrogen) atoms. The van der Waals surface area contributed by atoms with Crippen molar-refractivity contribution in [1.82, 2.24) is 0 Å². The number of aliphatic hydroxyl groups is 2. The SMILES string of the molecule is C=NC(=N/C=C\C)C(O)C1(O)C2CCC1CC(S(=O)(=O)c1cc(C(=O)Nc3ccc(F)c(F)c3)ccc1Cl)C2. The zero-order chi connectivity index (χ0) is 28.5. The molecule has 2 aromatic rings. The number of anilines is 1. The number of halogens is 3. The summed E-state index contributed by atoms with van der Waals surface area (Å²) in [6, 6.07) is 6.60. The van der Waals surface area contributed by atoms with Gasteiger partial charge < -0.3 is 15.5 Å². The van der Waals surface area contributed by atoms with Gasteiger partial charge in [-0.25, -0.2) is 27.2 Å².